The maximum atomic E-state index is 9.10. The lowest BCUT2D eigenvalue weighted by atomic mass is 10.3. The first-order chi connectivity index (χ1) is 14.9. The Morgan fingerprint density at radius 3 is 2.74 bits per heavy atom. The second-order valence-corrected chi connectivity index (χ2v) is 7.23. The van der Waals surface area contributed by atoms with E-state index in [0.29, 0.717) is 18.2 Å². The Balaban J connectivity index is 0.000000401. The number of carboxylic acids is 2. The van der Waals surface area contributed by atoms with E-state index in [-0.39, 0.29) is 6.10 Å². The van der Waals surface area contributed by atoms with Gasteiger partial charge in [0.05, 0.1) is 13.3 Å². The van der Waals surface area contributed by atoms with Gasteiger partial charge in [-0.05, 0) is 36.4 Å². The average Bonchev–Trinajstić information content (AvgIpc) is 3.16. The molecule has 0 bridgehead atoms. The summed E-state index contributed by atoms with van der Waals surface area (Å²) in [6.45, 7) is 3.75. The van der Waals surface area contributed by atoms with Gasteiger partial charge in [0.25, 0.3) is 0 Å². The molecule has 1 aliphatic heterocycles. The van der Waals surface area contributed by atoms with Crippen LogP contribution in [-0.4, -0.2) is 69.0 Å². The summed E-state index contributed by atoms with van der Waals surface area (Å²) in [5.41, 5.74) is 1.01. The zero-order valence-corrected chi connectivity index (χ0v) is 17.3. The normalized spacial score (nSPS) is 16.4. The number of hydrogen-bond acceptors (Lipinski definition) is 6. The number of hydrogen-bond donors (Lipinski definition) is 2. The summed E-state index contributed by atoms with van der Waals surface area (Å²) in [6, 6.07) is 13.6. The Morgan fingerprint density at radius 2 is 2.00 bits per heavy atom. The lowest BCUT2D eigenvalue weighted by Crippen LogP contribution is -2.45. The van der Waals surface area contributed by atoms with Crippen LogP contribution in [0, 0.1) is 0 Å². The smallest absolute Gasteiger partial charge is 0.414 e. The predicted molar refractivity (Wildman–Crippen MR) is 113 cm³/mol. The Kier molecular flexibility index (Phi) is 7.82. The molecule has 3 aromatic rings. The number of benzene rings is 1. The SMILES string of the molecule is Clc1cccc(OCC2CN(Cn3ccc4cccnc43)CCO2)c1.O=C(O)C(=O)O. The van der Waals surface area contributed by atoms with E-state index in [4.69, 9.17) is 40.9 Å². The van der Waals surface area contributed by atoms with E-state index in [0.717, 1.165) is 36.5 Å². The van der Waals surface area contributed by atoms with Gasteiger partial charge in [-0.15, -0.1) is 0 Å². The maximum absolute atomic E-state index is 9.10. The topological polar surface area (TPSA) is 114 Å². The predicted octanol–water partition coefficient (Wildman–Crippen LogP) is 2.58. The number of aromatic nitrogens is 2. The second-order valence-electron chi connectivity index (χ2n) is 6.79. The van der Waals surface area contributed by atoms with Crippen LogP contribution >= 0.6 is 11.6 Å². The van der Waals surface area contributed by atoms with Crippen molar-refractivity contribution in [2.75, 3.05) is 26.3 Å². The molecule has 2 aromatic heterocycles. The van der Waals surface area contributed by atoms with Crippen LogP contribution in [0.5, 0.6) is 5.75 Å². The molecule has 9 nitrogen and oxygen atoms in total. The third-order valence-electron chi connectivity index (χ3n) is 4.51. The largest absolute Gasteiger partial charge is 0.491 e. The number of ether oxygens (including phenoxy) is 2. The zero-order valence-electron chi connectivity index (χ0n) is 16.6. The van der Waals surface area contributed by atoms with Crippen molar-refractivity contribution in [3.63, 3.8) is 0 Å². The van der Waals surface area contributed by atoms with Crippen molar-refractivity contribution in [3.8, 4) is 5.75 Å². The van der Waals surface area contributed by atoms with Gasteiger partial charge < -0.3 is 24.3 Å². The van der Waals surface area contributed by atoms with E-state index < -0.39 is 11.9 Å². The van der Waals surface area contributed by atoms with Gasteiger partial charge in [-0.3, -0.25) is 4.90 Å². The molecule has 1 aliphatic rings. The van der Waals surface area contributed by atoms with Crippen LogP contribution in [0.15, 0.2) is 54.9 Å². The maximum Gasteiger partial charge on any atom is 0.414 e. The minimum Gasteiger partial charge on any atom is -0.491 e. The Hall–Kier alpha value is -3.14. The second kappa shape index (κ2) is 10.8. The molecule has 0 amide bonds. The van der Waals surface area contributed by atoms with Crippen LogP contribution < -0.4 is 4.74 Å². The van der Waals surface area contributed by atoms with E-state index in [1.807, 2.05) is 36.5 Å². The molecule has 4 rings (SSSR count). The van der Waals surface area contributed by atoms with Crippen molar-refractivity contribution in [2.24, 2.45) is 0 Å². The first-order valence-electron chi connectivity index (χ1n) is 9.51. The van der Waals surface area contributed by atoms with Crippen molar-refractivity contribution in [1.29, 1.82) is 0 Å². The van der Waals surface area contributed by atoms with Crippen molar-refractivity contribution < 1.29 is 29.3 Å². The van der Waals surface area contributed by atoms with Crippen LogP contribution in [0.25, 0.3) is 11.0 Å². The van der Waals surface area contributed by atoms with Gasteiger partial charge in [0.2, 0.25) is 0 Å². The van der Waals surface area contributed by atoms with Gasteiger partial charge in [-0.25, -0.2) is 14.6 Å². The van der Waals surface area contributed by atoms with Crippen LogP contribution in [0.1, 0.15) is 0 Å². The molecule has 1 aromatic carbocycles. The number of fused-ring (bicyclic) bond motifs is 1. The highest BCUT2D eigenvalue weighted by molar-refractivity contribution is 6.30. The Morgan fingerprint density at radius 1 is 1.19 bits per heavy atom. The molecule has 0 radical (unpaired) electrons. The number of carbonyl (C=O) groups is 2. The molecule has 3 heterocycles. The monoisotopic (exact) mass is 447 g/mol. The minimum absolute atomic E-state index is 0.0440. The molecule has 1 unspecified atom stereocenters. The molecule has 0 spiro atoms. The number of rotatable bonds is 5. The average molecular weight is 448 g/mol. The lowest BCUT2D eigenvalue weighted by molar-refractivity contribution is -0.159. The number of carboxylic acid groups (broad SMARTS) is 2. The molecule has 0 saturated carbocycles. The van der Waals surface area contributed by atoms with Crippen LogP contribution in [-0.2, 0) is 21.0 Å². The fourth-order valence-corrected chi connectivity index (χ4v) is 3.29. The van der Waals surface area contributed by atoms with E-state index in [9.17, 15) is 0 Å². The van der Waals surface area contributed by atoms with Gasteiger partial charge in [0.15, 0.2) is 0 Å². The minimum atomic E-state index is -1.82. The number of aliphatic carboxylic acids is 2. The molecule has 0 aliphatic carbocycles. The summed E-state index contributed by atoms with van der Waals surface area (Å²) in [5, 5.41) is 16.6. The Labute approximate surface area is 183 Å². The van der Waals surface area contributed by atoms with Gasteiger partial charge in [0.1, 0.15) is 24.1 Å². The summed E-state index contributed by atoms with van der Waals surface area (Å²) in [4.78, 5) is 25.0. The van der Waals surface area contributed by atoms with Crippen LogP contribution in [0.4, 0.5) is 0 Å². The first kappa shape index (κ1) is 22.5. The van der Waals surface area contributed by atoms with Gasteiger partial charge in [0, 0.05) is 35.9 Å². The zero-order chi connectivity index (χ0) is 22.2. The molecule has 31 heavy (non-hydrogen) atoms. The summed E-state index contributed by atoms with van der Waals surface area (Å²) in [7, 11) is 0. The Bertz CT molecular complexity index is 1030. The van der Waals surface area contributed by atoms with Crippen LogP contribution in [0.2, 0.25) is 5.02 Å². The van der Waals surface area contributed by atoms with E-state index in [1.54, 1.807) is 0 Å². The standard InChI is InChI=1S/C19H20ClN3O2.C2H2O4/c20-16-4-1-5-17(11-16)25-13-18-12-22(9-10-24-18)14-23-8-6-15-3-2-7-21-19(15)23;3-1(4)2(5)6/h1-8,11,18H,9-10,12-14H2;(H,3,4)(H,5,6). The number of nitrogens with zero attached hydrogens (tertiary/aromatic N) is 3. The molecule has 1 saturated heterocycles. The fourth-order valence-electron chi connectivity index (χ4n) is 3.11. The van der Waals surface area contributed by atoms with Crippen molar-refractivity contribution in [1.82, 2.24) is 14.5 Å². The van der Waals surface area contributed by atoms with Gasteiger partial charge >= 0.3 is 11.9 Å². The summed E-state index contributed by atoms with van der Waals surface area (Å²) >= 11 is 5.99. The first-order valence-corrected chi connectivity index (χ1v) is 9.88. The molecule has 1 fully saturated rings. The molecular formula is C21H22ClN3O6. The van der Waals surface area contributed by atoms with Crippen LogP contribution in [0.3, 0.4) is 0 Å². The fraction of sp³-hybridized carbons (Fsp3) is 0.286. The summed E-state index contributed by atoms with van der Waals surface area (Å²) in [5.74, 6) is -2.88. The van der Waals surface area contributed by atoms with E-state index >= 15 is 0 Å². The molecule has 10 heteroatoms. The summed E-state index contributed by atoms with van der Waals surface area (Å²) in [6.07, 6.45) is 3.97. The molecule has 1 atom stereocenters. The van der Waals surface area contributed by atoms with E-state index in [2.05, 4.69) is 32.8 Å². The quantitative estimate of drug-likeness (QED) is 0.573. The highest BCUT2D eigenvalue weighted by Crippen LogP contribution is 2.19. The highest BCUT2D eigenvalue weighted by Gasteiger charge is 2.21. The lowest BCUT2D eigenvalue weighted by Gasteiger charge is -2.33. The molecule has 2 N–H and O–H groups in total. The third kappa shape index (κ3) is 6.68. The summed E-state index contributed by atoms with van der Waals surface area (Å²) < 4.78 is 13.8. The van der Waals surface area contributed by atoms with Crippen molar-refractivity contribution >= 4 is 34.6 Å². The third-order valence-corrected chi connectivity index (χ3v) is 4.75. The van der Waals surface area contributed by atoms with E-state index in [1.165, 1.54) is 0 Å². The van der Waals surface area contributed by atoms with Gasteiger partial charge in [-0.2, -0.15) is 0 Å². The van der Waals surface area contributed by atoms with Gasteiger partial charge in [-0.1, -0.05) is 17.7 Å². The number of morpholine rings is 1. The molecular weight excluding hydrogens is 426 g/mol. The highest BCUT2D eigenvalue weighted by atomic mass is 35.5. The van der Waals surface area contributed by atoms with Crippen molar-refractivity contribution in [3.05, 3.63) is 59.9 Å². The molecule has 164 valence electrons. The number of halogens is 1. The van der Waals surface area contributed by atoms with Crippen molar-refractivity contribution in [2.45, 2.75) is 12.8 Å². The number of pyridine rings is 1.